The third kappa shape index (κ3) is 4.16. The van der Waals surface area contributed by atoms with Crippen molar-refractivity contribution in [2.45, 2.75) is 19.4 Å². The van der Waals surface area contributed by atoms with Crippen LogP contribution in [0.1, 0.15) is 13.8 Å². The van der Waals surface area contributed by atoms with E-state index in [0.717, 1.165) is 36.4 Å². The summed E-state index contributed by atoms with van der Waals surface area (Å²) in [5.41, 5.74) is 2.25. The van der Waals surface area contributed by atoms with Gasteiger partial charge in [0.1, 0.15) is 18.2 Å². The third-order valence-corrected chi connectivity index (χ3v) is 5.01. The highest BCUT2D eigenvalue weighted by Crippen LogP contribution is 2.41. The number of morpholine rings is 1. The second kappa shape index (κ2) is 8.19. The average Bonchev–Trinajstić information content (AvgIpc) is 2.74. The molecule has 4 N–H and O–H groups in total. The molecular formula is C21H26N6O3. The van der Waals surface area contributed by atoms with E-state index < -0.39 is 5.91 Å². The first-order valence-electron chi connectivity index (χ1n) is 9.90. The van der Waals surface area contributed by atoms with E-state index in [2.05, 4.69) is 39.7 Å². The quantitative estimate of drug-likeness (QED) is 0.447. The van der Waals surface area contributed by atoms with E-state index in [1.165, 1.54) is 0 Å². The van der Waals surface area contributed by atoms with Crippen molar-refractivity contribution < 1.29 is 14.3 Å². The minimum atomic E-state index is -0.412. The summed E-state index contributed by atoms with van der Waals surface area (Å²) in [5, 5.41) is 17.0. The highest BCUT2D eigenvalue weighted by Gasteiger charge is 2.28. The molecule has 0 spiro atoms. The SMILES string of the molecule is CC1(C)COc2cc(N3CCOCC3)c(NC(=O)/C(C=N)=C3\N=CC=CN3)cc2N1. The Morgan fingerprint density at radius 1 is 1.33 bits per heavy atom. The lowest BCUT2D eigenvalue weighted by atomic mass is 10.0. The van der Waals surface area contributed by atoms with Gasteiger partial charge in [0.25, 0.3) is 5.91 Å². The smallest absolute Gasteiger partial charge is 0.261 e. The van der Waals surface area contributed by atoms with Crippen LogP contribution in [-0.4, -0.2) is 56.8 Å². The van der Waals surface area contributed by atoms with Crippen LogP contribution in [0.15, 0.2) is 40.8 Å². The highest BCUT2D eigenvalue weighted by atomic mass is 16.5. The Balaban J connectivity index is 1.69. The number of rotatable bonds is 4. The number of nitrogens with one attached hydrogen (secondary N) is 4. The molecule has 3 aliphatic rings. The molecule has 1 amide bonds. The van der Waals surface area contributed by atoms with Crippen LogP contribution in [0.2, 0.25) is 0 Å². The van der Waals surface area contributed by atoms with Crippen molar-refractivity contribution in [2.75, 3.05) is 48.4 Å². The van der Waals surface area contributed by atoms with Gasteiger partial charge in [-0.1, -0.05) is 0 Å². The van der Waals surface area contributed by atoms with Crippen molar-refractivity contribution in [3.63, 3.8) is 0 Å². The Morgan fingerprint density at radius 3 is 2.83 bits per heavy atom. The standard InChI is InChI=1S/C21H26N6O3/c1-21(2)13-30-18-11-17(27-6-8-29-9-7-27)15(10-16(18)26-21)25-20(28)14(12-22)19-23-4-3-5-24-19/h3-5,10-12,22-23,26H,6-9,13H2,1-2H3,(H,25,28)/b19-14-,22-12?. The van der Waals surface area contributed by atoms with Gasteiger partial charge in [0.05, 0.1) is 41.4 Å². The van der Waals surface area contributed by atoms with Crippen LogP contribution >= 0.6 is 0 Å². The molecule has 1 fully saturated rings. The molecule has 0 saturated carbocycles. The maximum Gasteiger partial charge on any atom is 0.261 e. The lowest BCUT2D eigenvalue weighted by Gasteiger charge is -2.36. The number of allylic oxidation sites excluding steroid dienone is 1. The number of carbonyl (C=O) groups is 1. The molecule has 0 aromatic heterocycles. The molecule has 158 valence electrons. The zero-order valence-corrected chi connectivity index (χ0v) is 17.1. The summed E-state index contributed by atoms with van der Waals surface area (Å²) in [5.74, 6) is 0.673. The molecule has 1 aromatic rings. The molecule has 0 aliphatic carbocycles. The Hall–Kier alpha value is -3.33. The van der Waals surface area contributed by atoms with Crippen LogP contribution < -0.4 is 25.6 Å². The van der Waals surface area contributed by atoms with Crippen molar-refractivity contribution in [1.29, 1.82) is 5.41 Å². The predicted molar refractivity (Wildman–Crippen MR) is 118 cm³/mol. The number of fused-ring (bicyclic) bond motifs is 1. The normalized spacial score (nSPS) is 20.9. The molecule has 3 heterocycles. The summed E-state index contributed by atoms with van der Waals surface area (Å²) < 4.78 is 11.5. The lowest BCUT2D eigenvalue weighted by Crippen LogP contribution is -2.41. The van der Waals surface area contributed by atoms with E-state index in [1.807, 2.05) is 12.1 Å². The number of hydrogen-bond acceptors (Lipinski definition) is 8. The molecular weight excluding hydrogens is 384 g/mol. The number of hydrogen-bond donors (Lipinski definition) is 4. The van der Waals surface area contributed by atoms with Gasteiger partial charge in [0.15, 0.2) is 0 Å². The largest absolute Gasteiger partial charge is 0.489 e. The summed E-state index contributed by atoms with van der Waals surface area (Å²) in [4.78, 5) is 19.3. The molecule has 0 unspecified atom stereocenters. The molecule has 0 atom stereocenters. The van der Waals surface area contributed by atoms with Crippen LogP contribution in [0, 0.1) is 5.41 Å². The van der Waals surface area contributed by atoms with Crippen molar-refractivity contribution in [2.24, 2.45) is 4.99 Å². The number of carbonyl (C=O) groups excluding carboxylic acids is 1. The Kier molecular flexibility index (Phi) is 5.45. The molecule has 3 aliphatic heterocycles. The monoisotopic (exact) mass is 410 g/mol. The van der Waals surface area contributed by atoms with Gasteiger partial charge in [0.2, 0.25) is 0 Å². The Labute approximate surface area is 175 Å². The zero-order chi connectivity index (χ0) is 21.1. The van der Waals surface area contributed by atoms with E-state index in [9.17, 15) is 4.79 Å². The van der Waals surface area contributed by atoms with Gasteiger partial charge in [-0.05, 0) is 26.0 Å². The van der Waals surface area contributed by atoms with Crippen LogP contribution in [0.5, 0.6) is 5.75 Å². The van der Waals surface area contributed by atoms with E-state index >= 15 is 0 Å². The first kappa shape index (κ1) is 20.0. The van der Waals surface area contributed by atoms with Crippen LogP contribution in [0.25, 0.3) is 0 Å². The predicted octanol–water partition coefficient (Wildman–Crippen LogP) is 2.09. The van der Waals surface area contributed by atoms with Crippen molar-refractivity contribution >= 4 is 35.4 Å². The van der Waals surface area contributed by atoms with Gasteiger partial charge in [-0.25, -0.2) is 4.99 Å². The third-order valence-electron chi connectivity index (χ3n) is 5.01. The molecule has 1 saturated heterocycles. The van der Waals surface area contributed by atoms with Gasteiger partial charge in [-0.15, -0.1) is 0 Å². The Morgan fingerprint density at radius 2 is 2.13 bits per heavy atom. The summed E-state index contributed by atoms with van der Waals surface area (Å²) >= 11 is 0. The molecule has 4 rings (SSSR count). The minimum absolute atomic E-state index is 0.144. The van der Waals surface area contributed by atoms with Gasteiger partial charge in [-0.2, -0.15) is 0 Å². The molecule has 0 bridgehead atoms. The lowest BCUT2D eigenvalue weighted by molar-refractivity contribution is -0.112. The second-order valence-corrected chi connectivity index (χ2v) is 7.90. The van der Waals surface area contributed by atoms with Crippen LogP contribution in [-0.2, 0) is 9.53 Å². The van der Waals surface area contributed by atoms with Crippen molar-refractivity contribution in [1.82, 2.24) is 5.32 Å². The van der Waals surface area contributed by atoms with Gasteiger partial charge in [-0.3, -0.25) is 4.79 Å². The van der Waals surface area contributed by atoms with Crippen molar-refractivity contribution in [3.05, 3.63) is 35.8 Å². The highest BCUT2D eigenvalue weighted by molar-refractivity contribution is 6.18. The summed E-state index contributed by atoms with van der Waals surface area (Å²) in [6.07, 6.45) is 5.96. The second-order valence-electron chi connectivity index (χ2n) is 7.90. The van der Waals surface area contributed by atoms with Crippen LogP contribution in [0.4, 0.5) is 17.1 Å². The van der Waals surface area contributed by atoms with Gasteiger partial charge in [0, 0.05) is 37.8 Å². The fraction of sp³-hybridized carbons (Fsp3) is 0.381. The zero-order valence-electron chi connectivity index (χ0n) is 17.1. The van der Waals surface area contributed by atoms with E-state index in [1.54, 1.807) is 18.5 Å². The first-order valence-corrected chi connectivity index (χ1v) is 9.90. The molecule has 1 aromatic carbocycles. The maximum atomic E-state index is 13.0. The van der Waals surface area contributed by atoms with E-state index in [4.69, 9.17) is 14.9 Å². The first-order chi connectivity index (χ1) is 14.5. The van der Waals surface area contributed by atoms with Gasteiger partial charge < -0.3 is 35.7 Å². The number of ether oxygens (including phenoxy) is 2. The average molecular weight is 410 g/mol. The van der Waals surface area contributed by atoms with Gasteiger partial charge >= 0.3 is 0 Å². The minimum Gasteiger partial charge on any atom is -0.489 e. The summed E-state index contributed by atoms with van der Waals surface area (Å²) in [6.45, 7) is 7.35. The Bertz CT molecular complexity index is 944. The number of amides is 1. The molecule has 9 nitrogen and oxygen atoms in total. The van der Waals surface area contributed by atoms with Crippen LogP contribution in [0.3, 0.4) is 0 Å². The number of nitrogens with zero attached hydrogens (tertiary/aromatic N) is 2. The fourth-order valence-electron chi connectivity index (χ4n) is 3.51. The number of benzene rings is 1. The molecule has 9 heteroatoms. The summed E-state index contributed by atoms with van der Waals surface area (Å²) in [6, 6.07) is 3.85. The topological polar surface area (TPSA) is 111 Å². The molecule has 30 heavy (non-hydrogen) atoms. The summed E-state index contributed by atoms with van der Waals surface area (Å²) in [7, 11) is 0. The molecule has 0 radical (unpaired) electrons. The number of aliphatic imine (C=N–C) groups is 1. The van der Waals surface area contributed by atoms with E-state index in [-0.39, 0.29) is 11.1 Å². The number of anilines is 3. The van der Waals surface area contributed by atoms with E-state index in [0.29, 0.717) is 31.3 Å². The fourth-order valence-corrected chi connectivity index (χ4v) is 3.51. The maximum absolute atomic E-state index is 13.0. The van der Waals surface area contributed by atoms with Crippen molar-refractivity contribution in [3.8, 4) is 5.75 Å².